The number of carbonyl (C=O) groups is 1. The van der Waals surface area contributed by atoms with Crippen LogP contribution in [0.4, 0.5) is 13.2 Å². The summed E-state index contributed by atoms with van der Waals surface area (Å²) < 4.78 is 48.4. The van der Waals surface area contributed by atoms with Crippen molar-refractivity contribution in [2.24, 2.45) is 0 Å². The van der Waals surface area contributed by atoms with Crippen LogP contribution < -0.4 is 9.47 Å². The number of benzene rings is 1. The molecule has 3 rings (SSSR count). The van der Waals surface area contributed by atoms with Crippen LogP contribution in [0.2, 0.25) is 0 Å². The molecule has 0 aliphatic rings. The van der Waals surface area contributed by atoms with Crippen LogP contribution in [0.1, 0.15) is 10.5 Å². The number of pyridine rings is 1. The Kier molecular flexibility index (Phi) is 5.27. The molecular weight excluding hydrogens is 447 g/mol. The van der Waals surface area contributed by atoms with E-state index in [0.29, 0.717) is 10.2 Å². The Balaban J connectivity index is 2.17. The van der Waals surface area contributed by atoms with Gasteiger partial charge in [-0.25, -0.2) is 14.5 Å². The highest BCUT2D eigenvalue weighted by Crippen LogP contribution is 2.33. The average molecular weight is 458 g/mol. The maximum atomic E-state index is 12.6. The molecule has 2 aromatic heterocycles. The summed E-state index contributed by atoms with van der Waals surface area (Å²) in [4.78, 5) is 15.3. The third-order valence-corrected chi connectivity index (χ3v) is 3.96. The molecule has 0 saturated carbocycles. The number of carboxylic acids is 1. The zero-order chi connectivity index (χ0) is 20.5. The Bertz CT molecular complexity index is 1040. The van der Waals surface area contributed by atoms with E-state index in [9.17, 15) is 23.1 Å². The lowest BCUT2D eigenvalue weighted by Crippen LogP contribution is -2.17. The van der Waals surface area contributed by atoms with Crippen molar-refractivity contribution < 1.29 is 32.5 Å². The van der Waals surface area contributed by atoms with Crippen LogP contribution in [0.25, 0.3) is 16.9 Å². The molecule has 2 heterocycles. The lowest BCUT2D eigenvalue weighted by molar-refractivity contribution is -0.274. The van der Waals surface area contributed by atoms with Crippen LogP contribution in [0.5, 0.6) is 11.6 Å². The van der Waals surface area contributed by atoms with Gasteiger partial charge in [0.1, 0.15) is 5.75 Å². The molecule has 0 saturated heterocycles. The van der Waals surface area contributed by atoms with Gasteiger partial charge in [0.2, 0.25) is 5.88 Å². The quantitative estimate of drug-likeness (QED) is 0.614. The lowest BCUT2D eigenvalue weighted by Gasteiger charge is -2.12. The Hall–Kier alpha value is -3.08. The number of ether oxygens (including phenoxy) is 2. The van der Waals surface area contributed by atoms with E-state index in [2.05, 4.69) is 30.7 Å². The van der Waals surface area contributed by atoms with E-state index in [4.69, 9.17) is 4.74 Å². The number of methoxy groups -OCH3 is 1. The smallest absolute Gasteiger partial charge is 0.481 e. The van der Waals surface area contributed by atoms with Gasteiger partial charge in [0.15, 0.2) is 5.69 Å². The first-order valence-electron chi connectivity index (χ1n) is 7.57. The summed E-state index contributed by atoms with van der Waals surface area (Å²) in [6, 6.07) is 8.10. The SMILES string of the molecule is COc1cc(-n2nc(C(=O)O)cc2-c2cc(Br)cc(OC(F)(F)F)c2)ccn1. The second-order valence-electron chi connectivity index (χ2n) is 5.41. The predicted octanol–water partition coefficient (Wildman–Crippen LogP) is 4.30. The molecule has 146 valence electrons. The number of aromatic nitrogens is 3. The van der Waals surface area contributed by atoms with Crippen molar-refractivity contribution in [1.29, 1.82) is 0 Å². The number of hydrogen-bond acceptors (Lipinski definition) is 5. The zero-order valence-corrected chi connectivity index (χ0v) is 15.7. The topological polar surface area (TPSA) is 86.5 Å². The van der Waals surface area contributed by atoms with Gasteiger partial charge >= 0.3 is 12.3 Å². The third-order valence-electron chi connectivity index (χ3n) is 3.50. The number of nitrogens with zero attached hydrogens (tertiary/aromatic N) is 3. The van der Waals surface area contributed by atoms with Gasteiger partial charge in [-0.1, -0.05) is 15.9 Å². The first-order valence-corrected chi connectivity index (χ1v) is 8.36. The molecule has 0 bridgehead atoms. The van der Waals surface area contributed by atoms with Crippen LogP contribution in [0.15, 0.2) is 47.1 Å². The van der Waals surface area contributed by atoms with E-state index in [-0.39, 0.29) is 22.8 Å². The summed E-state index contributed by atoms with van der Waals surface area (Å²) >= 11 is 3.13. The first-order chi connectivity index (χ1) is 13.2. The molecule has 0 aliphatic heterocycles. The average Bonchev–Trinajstić information content (AvgIpc) is 3.05. The number of alkyl halides is 3. The fraction of sp³-hybridized carbons (Fsp3) is 0.118. The van der Waals surface area contributed by atoms with E-state index in [1.807, 2.05) is 0 Å². The monoisotopic (exact) mass is 457 g/mol. The van der Waals surface area contributed by atoms with Crippen LogP contribution >= 0.6 is 15.9 Å². The van der Waals surface area contributed by atoms with Gasteiger partial charge in [-0.05, 0) is 30.3 Å². The van der Waals surface area contributed by atoms with Crippen molar-refractivity contribution in [3.8, 4) is 28.6 Å². The van der Waals surface area contributed by atoms with E-state index in [1.165, 1.54) is 36.2 Å². The standard InChI is InChI=1S/C17H11BrF3N3O4/c1-27-15-7-11(2-3-22-15)24-14(8-13(23-24)16(25)26)9-4-10(18)6-12(5-9)28-17(19,20)21/h2-8H,1H3,(H,25,26). The summed E-state index contributed by atoms with van der Waals surface area (Å²) in [6.07, 6.45) is -3.44. The molecule has 0 atom stereocenters. The summed E-state index contributed by atoms with van der Waals surface area (Å²) in [7, 11) is 1.41. The van der Waals surface area contributed by atoms with E-state index < -0.39 is 18.1 Å². The minimum atomic E-state index is -4.87. The molecule has 0 fully saturated rings. The number of hydrogen-bond donors (Lipinski definition) is 1. The van der Waals surface area contributed by atoms with Gasteiger partial charge < -0.3 is 14.6 Å². The molecule has 1 aromatic carbocycles. The highest BCUT2D eigenvalue weighted by Gasteiger charge is 2.31. The molecule has 11 heteroatoms. The van der Waals surface area contributed by atoms with E-state index in [0.717, 1.165) is 12.1 Å². The van der Waals surface area contributed by atoms with Crippen LogP contribution in [-0.2, 0) is 0 Å². The maximum absolute atomic E-state index is 12.6. The van der Waals surface area contributed by atoms with Gasteiger partial charge in [-0.3, -0.25) is 0 Å². The van der Waals surface area contributed by atoms with Crippen molar-refractivity contribution in [3.05, 3.63) is 52.8 Å². The highest BCUT2D eigenvalue weighted by molar-refractivity contribution is 9.10. The second-order valence-corrected chi connectivity index (χ2v) is 6.33. The molecule has 0 aliphatic carbocycles. The Morgan fingerprint density at radius 2 is 1.96 bits per heavy atom. The number of carboxylic acid groups (broad SMARTS) is 1. The molecule has 0 spiro atoms. The molecule has 0 amide bonds. The largest absolute Gasteiger partial charge is 0.573 e. The normalized spacial score (nSPS) is 11.3. The Morgan fingerprint density at radius 1 is 1.21 bits per heavy atom. The molecule has 0 radical (unpaired) electrons. The predicted molar refractivity (Wildman–Crippen MR) is 94.7 cm³/mol. The van der Waals surface area contributed by atoms with Crippen molar-refractivity contribution >= 4 is 21.9 Å². The van der Waals surface area contributed by atoms with Gasteiger partial charge in [0.25, 0.3) is 0 Å². The van der Waals surface area contributed by atoms with Crippen molar-refractivity contribution in [2.45, 2.75) is 6.36 Å². The summed E-state index contributed by atoms with van der Waals surface area (Å²) in [5, 5.41) is 13.3. The molecule has 1 N–H and O–H groups in total. The van der Waals surface area contributed by atoms with E-state index in [1.54, 1.807) is 6.07 Å². The lowest BCUT2D eigenvalue weighted by atomic mass is 10.1. The number of halogens is 4. The molecular formula is C17H11BrF3N3O4. The van der Waals surface area contributed by atoms with Crippen molar-refractivity contribution in [2.75, 3.05) is 7.11 Å². The van der Waals surface area contributed by atoms with E-state index >= 15 is 0 Å². The minimum Gasteiger partial charge on any atom is -0.481 e. The molecule has 3 aromatic rings. The fourth-order valence-electron chi connectivity index (χ4n) is 2.43. The van der Waals surface area contributed by atoms with Crippen LogP contribution in [0.3, 0.4) is 0 Å². The number of aromatic carboxylic acids is 1. The Labute approximate surface area is 164 Å². The maximum Gasteiger partial charge on any atom is 0.573 e. The summed E-state index contributed by atoms with van der Waals surface area (Å²) in [6.45, 7) is 0. The molecule has 28 heavy (non-hydrogen) atoms. The highest BCUT2D eigenvalue weighted by atomic mass is 79.9. The minimum absolute atomic E-state index is 0.235. The van der Waals surface area contributed by atoms with Crippen LogP contribution in [-0.4, -0.2) is 39.3 Å². The molecule has 0 unspecified atom stereocenters. The second kappa shape index (κ2) is 7.50. The fourth-order valence-corrected chi connectivity index (χ4v) is 2.91. The van der Waals surface area contributed by atoms with Crippen LogP contribution in [0, 0.1) is 0 Å². The zero-order valence-electron chi connectivity index (χ0n) is 14.1. The summed E-state index contributed by atoms with van der Waals surface area (Å²) in [5.74, 6) is -1.50. The number of rotatable bonds is 5. The van der Waals surface area contributed by atoms with Gasteiger partial charge in [-0.15, -0.1) is 13.2 Å². The first kappa shape index (κ1) is 19.7. The van der Waals surface area contributed by atoms with Crippen molar-refractivity contribution in [1.82, 2.24) is 14.8 Å². The Morgan fingerprint density at radius 3 is 2.61 bits per heavy atom. The van der Waals surface area contributed by atoms with Gasteiger partial charge in [0.05, 0.1) is 18.5 Å². The summed E-state index contributed by atoms with van der Waals surface area (Å²) in [5.41, 5.74) is 0.611. The van der Waals surface area contributed by atoms with Crippen molar-refractivity contribution in [3.63, 3.8) is 0 Å². The van der Waals surface area contributed by atoms with Gasteiger partial charge in [0, 0.05) is 22.3 Å². The van der Waals surface area contributed by atoms with Gasteiger partial charge in [-0.2, -0.15) is 5.10 Å². The third kappa shape index (κ3) is 4.42. The molecule has 7 nitrogen and oxygen atoms in total.